The molecule has 0 radical (unpaired) electrons. The van der Waals surface area contributed by atoms with Crippen LogP contribution in [-0.2, 0) is 11.3 Å². The second-order valence-electron chi connectivity index (χ2n) is 5.59. The molecule has 0 saturated heterocycles. The molecule has 2 aromatic heterocycles. The van der Waals surface area contributed by atoms with Gasteiger partial charge in [-0.3, -0.25) is 14.9 Å². The number of hydrogen-bond donors (Lipinski definition) is 1. The van der Waals surface area contributed by atoms with Gasteiger partial charge in [0.05, 0.1) is 16.4 Å². The summed E-state index contributed by atoms with van der Waals surface area (Å²) in [6, 6.07) is 6.25. The van der Waals surface area contributed by atoms with Gasteiger partial charge in [0.25, 0.3) is 5.69 Å². The molecule has 140 valence electrons. The number of imidazole rings is 1. The van der Waals surface area contributed by atoms with E-state index in [0.717, 1.165) is 18.1 Å². The molecule has 1 aromatic carbocycles. The van der Waals surface area contributed by atoms with Gasteiger partial charge in [-0.2, -0.15) is 0 Å². The van der Waals surface area contributed by atoms with E-state index >= 15 is 0 Å². The molecule has 0 fully saturated rings. The predicted octanol–water partition coefficient (Wildman–Crippen LogP) is 4.06. The molecular formula is C17H17N5O3S2. The van der Waals surface area contributed by atoms with Gasteiger partial charge in [-0.05, 0) is 6.42 Å². The molecule has 0 unspecified atom stereocenters. The van der Waals surface area contributed by atoms with Crippen molar-refractivity contribution < 1.29 is 9.72 Å². The summed E-state index contributed by atoms with van der Waals surface area (Å²) in [4.78, 5) is 31.2. The SMILES string of the molecule is CCCn1ccnc1SCC(=O)Nc1nc(-c2cccc([N+](=O)[O-])c2)cs1. The number of nitrogens with zero attached hydrogens (tertiary/aromatic N) is 4. The van der Waals surface area contributed by atoms with Crippen LogP contribution in [0.5, 0.6) is 0 Å². The van der Waals surface area contributed by atoms with Crippen LogP contribution in [0.1, 0.15) is 13.3 Å². The summed E-state index contributed by atoms with van der Waals surface area (Å²) in [5.41, 5.74) is 1.23. The van der Waals surface area contributed by atoms with E-state index in [9.17, 15) is 14.9 Å². The standard InChI is InChI=1S/C17H17N5O3S2/c1-2-7-21-8-6-18-17(21)27-11-15(23)20-16-19-14(10-26-16)12-4-3-5-13(9-12)22(24)25/h3-6,8-10H,2,7,11H2,1H3,(H,19,20,23). The Balaban J connectivity index is 1.60. The second-order valence-corrected chi connectivity index (χ2v) is 7.39. The first-order valence-electron chi connectivity index (χ1n) is 8.21. The molecule has 3 aromatic rings. The molecule has 0 aliphatic rings. The van der Waals surface area contributed by atoms with E-state index in [1.807, 2.05) is 10.8 Å². The van der Waals surface area contributed by atoms with Crippen molar-refractivity contribution in [3.63, 3.8) is 0 Å². The Morgan fingerprint density at radius 3 is 3.07 bits per heavy atom. The highest BCUT2D eigenvalue weighted by Crippen LogP contribution is 2.27. The van der Waals surface area contributed by atoms with E-state index in [2.05, 4.69) is 22.2 Å². The Morgan fingerprint density at radius 1 is 1.44 bits per heavy atom. The van der Waals surface area contributed by atoms with Crippen molar-refractivity contribution in [2.24, 2.45) is 0 Å². The fraction of sp³-hybridized carbons (Fsp3) is 0.235. The van der Waals surface area contributed by atoms with Crippen LogP contribution in [0.3, 0.4) is 0 Å². The minimum Gasteiger partial charge on any atom is -0.326 e. The van der Waals surface area contributed by atoms with Crippen molar-refractivity contribution in [3.8, 4) is 11.3 Å². The number of benzene rings is 1. The van der Waals surface area contributed by atoms with Crippen molar-refractivity contribution in [3.05, 3.63) is 52.2 Å². The molecule has 8 nitrogen and oxygen atoms in total. The summed E-state index contributed by atoms with van der Waals surface area (Å²) in [6.07, 6.45) is 4.62. The van der Waals surface area contributed by atoms with Gasteiger partial charge in [0.1, 0.15) is 0 Å². The Bertz CT molecular complexity index is 953. The molecule has 1 N–H and O–H groups in total. The molecule has 0 spiro atoms. The Kier molecular flexibility index (Phi) is 6.20. The maximum absolute atomic E-state index is 12.2. The lowest BCUT2D eigenvalue weighted by Crippen LogP contribution is -2.14. The van der Waals surface area contributed by atoms with Gasteiger partial charge in [-0.15, -0.1) is 11.3 Å². The fourth-order valence-corrected chi connectivity index (χ4v) is 3.90. The van der Waals surface area contributed by atoms with Crippen LogP contribution >= 0.6 is 23.1 Å². The molecule has 2 heterocycles. The topological polar surface area (TPSA) is 103 Å². The van der Waals surface area contributed by atoms with Crippen LogP contribution in [0.25, 0.3) is 11.3 Å². The van der Waals surface area contributed by atoms with Gasteiger partial charge in [0, 0.05) is 42.0 Å². The molecule has 0 saturated carbocycles. The van der Waals surface area contributed by atoms with Crippen molar-refractivity contribution in [2.45, 2.75) is 25.0 Å². The first-order chi connectivity index (χ1) is 13.1. The van der Waals surface area contributed by atoms with Gasteiger partial charge < -0.3 is 9.88 Å². The van der Waals surface area contributed by atoms with Crippen molar-refractivity contribution in [2.75, 3.05) is 11.1 Å². The molecular weight excluding hydrogens is 386 g/mol. The average molecular weight is 403 g/mol. The summed E-state index contributed by atoms with van der Waals surface area (Å²) < 4.78 is 2.02. The predicted molar refractivity (Wildman–Crippen MR) is 106 cm³/mol. The molecule has 0 bridgehead atoms. The van der Waals surface area contributed by atoms with Crippen LogP contribution in [0.4, 0.5) is 10.8 Å². The first kappa shape index (κ1) is 19.1. The largest absolute Gasteiger partial charge is 0.326 e. The second kappa shape index (κ2) is 8.78. The number of nitrogens with one attached hydrogen (secondary N) is 1. The summed E-state index contributed by atoms with van der Waals surface area (Å²) in [7, 11) is 0. The molecule has 0 aliphatic carbocycles. The van der Waals surface area contributed by atoms with Crippen molar-refractivity contribution >= 4 is 39.8 Å². The number of nitro benzene ring substituents is 1. The zero-order valence-electron chi connectivity index (χ0n) is 14.5. The molecule has 10 heteroatoms. The molecule has 1 amide bonds. The van der Waals surface area contributed by atoms with Crippen LogP contribution in [0.15, 0.2) is 47.2 Å². The van der Waals surface area contributed by atoms with Crippen molar-refractivity contribution in [1.29, 1.82) is 0 Å². The van der Waals surface area contributed by atoms with Crippen molar-refractivity contribution in [1.82, 2.24) is 14.5 Å². The molecule has 3 rings (SSSR count). The number of aromatic nitrogens is 3. The highest BCUT2D eigenvalue weighted by atomic mass is 32.2. The highest BCUT2D eigenvalue weighted by molar-refractivity contribution is 7.99. The van der Waals surface area contributed by atoms with E-state index in [4.69, 9.17) is 0 Å². The Morgan fingerprint density at radius 2 is 2.30 bits per heavy atom. The van der Waals surface area contributed by atoms with Gasteiger partial charge in [0.2, 0.25) is 5.91 Å². The number of rotatable bonds is 8. The summed E-state index contributed by atoms with van der Waals surface area (Å²) in [6.45, 7) is 2.95. The number of amides is 1. The number of nitro groups is 1. The average Bonchev–Trinajstić information content (AvgIpc) is 3.30. The third-order valence-electron chi connectivity index (χ3n) is 3.58. The number of non-ortho nitro benzene ring substituents is 1. The zero-order chi connectivity index (χ0) is 19.2. The number of thiazole rings is 1. The van der Waals surface area contributed by atoms with Gasteiger partial charge in [-0.1, -0.05) is 30.8 Å². The van der Waals surface area contributed by atoms with E-state index in [0.29, 0.717) is 16.4 Å². The maximum atomic E-state index is 12.2. The number of hydrogen-bond acceptors (Lipinski definition) is 7. The van der Waals surface area contributed by atoms with E-state index < -0.39 is 4.92 Å². The molecule has 0 aliphatic heterocycles. The van der Waals surface area contributed by atoms with Crippen LogP contribution in [0, 0.1) is 10.1 Å². The molecule has 27 heavy (non-hydrogen) atoms. The Labute approximate surface area is 163 Å². The smallest absolute Gasteiger partial charge is 0.270 e. The van der Waals surface area contributed by atoms with Gasteiger partial charge in [-0.25, -0.2) is 9.97 Å². The monoisotopic (exact) mass is 403 g/mol. The Hall–Kier alpha value is -2.72. The molecule has 0 atom stereocenters. The summed E-state index contributed by atoms with van der Waals surface area (Å²) in [5, 5.41) is 16.7. The van der Waals surface area contributed by atoms with Gasteiger partial charge >= 0.3 is 0 Å². The third kappa shape index (κ3) is 4.92. The summed E-state index contributed by atoms with van der Waals surface area (Å²) in [5.74, 6) is 0.0536. The van der Waals surface area contributed by atoms with Crippen LogP contribution in [-0.4, -0.2) is 31.1 Å². The van der Waals surface area contributed by atoms with Crippen LogP contribution in [0.2, 0.25) is 0 Å². The first-order valence-corrected chi connectivity index (χ1v) is 10.1. The lowest BCUT2D eigenvalue weighted by Gasteiger charge is -2.05. The number of anilines is 1. The fourth-order valence-electron chi connectivity index (χ4n) is 2.37. The number of carbonyl (C=O) groups is 1. The minimum absolute atomic E-state index is 0.00469. The minimum atomic E-state index is -0.446. The summed E-state index contributed by atoms with van der Waals surface area (Å²) >= 11 is 2.65. The lowest BCUT2D eigenvalue weighted by molar-refractivity contribution is -0.384. The van der Waals surface area contributed by atoms with E-state index in [-0.39, 0.29) is 17.3 Å². The normalized spacial score (nSPS) is 10.7. The van der Waals surface area contributed by atoms with Crippen LogP contribution < -0.4 is 5.32 Å². The quantitative estimate of drug-likeness (QED) is 0.346. The van der Waals surface area contributed by atoms with E-state index in [1.54, 1.807) is 23.7 Å². The number of aryl methyl sites for hydroxylation is 1. The lowest BCUT2D eigenvalue weighted by atomic mass is 10.1. The number of thioether (sulfide) groups is 1. The third-order valence-corrected chi connectivity index (χ3v) is 5.34. The maximum Gasteiger partial charge on any atom is 0.270 e. The van der Waals surface area contributed by atoms with Gasteiger partial charge in [0.15, 0.2) is 10.3 Å². The van der Waals surface area contributed by atoms with E-state index in [1.165, 1.54) is 35.2 Å². The highest BCUT2D eigenvalue weighted by Gasteiger charge is 2.12. The number of carbonyl (C=O) groups excluding carboxylic acids is 1. The zero-order valence-corrected chi connectivity index (χ0v) is 16.1.